The molecule has 0 saturated carbocycles. The van der Waals surface area contributed by atoms with Crippen LogP contribution in [0.3, 0.4) is 0 Å². The number of fused-ring (bicyclic) bond motifs is 1. The Balaban J connectivity index is 2.06. The van der Waals surface area contributed by atoms with Crippen LogP contribution in [-0.4, -0.2) is 22.7 Å². The molecule has 0 aliphatic carbocycles. The number of aromatic nitrogens is 1. The average Bonchev–Trinajstić information content (AvgIpc) is 3.27. The van der Waals surface area contributed by atoms with Crippen molar-refractivity contribution in [3.05, 3.63) is 43.8 Å². The van der Waals surface area contributed by atoms with E-state index in [4.69, 9.17) is 0 Å². The maximum absolute atomic E-state index is 13.1. The van der Waals surface area contributed by atoms with Crippen LogP contribution in [0.5, 0.6) is 0 Å². The molecule has 26 heavy (non-hydrogen) atoms. The van der Waals surface area contributed by atoms with Gasteiger partial charge in [0.25, 0.3) is 11.5 Å². The van der Waals surface area contributed by atoms with Gasteiger partial charge in [-0.15, -0.1) is 11.3 Å². The quantitative estimate of drug-likeness (QED) is 0.845. The van der Waals surface area contributed by atoms with Crippen LogP contribution in [-0.2, 0) is 11.3 Å². The number of hydrogen-bond acceptors (Lipinski definition) is 6. The van der Waals surface area contributed by atoms with E-state index in [0.717, 1.165) is 22.2 Å². The van der Waals surface area contributed by atoms with Crippen molar-refractivity contribution < 1.29 is 4.79 Å². The van der Waals surface area contributed by atoms with Crippen LogP contribution < -0.4 is 25.1 Å². The van der Waals surface area contributed by atoms with E-state index in [1.807, 2.05) is 19.1 Å². The molecule has 0 spiro atoms. The Labute approximate surface area is 158 Å². The van der Waals surface area contributed by atoms with Gasteiger partial charge in [-0.3, -0.25) is 14.2 Å². The summed E-state index contributed by atoms with van der Waals surface area (Å²) in [6, 6.07) is 8.15. The average molecular weight is 387 g/mol. The largest absolute Gasteiger partial charge is 0.334 e. The van der Waals surface area contributed by atoms with Gasteiger partial charge in [-0.05, 0) is 32.9 Å². The number of thioether (sulfide) groups is 1. The Morgan fingerprint density at radius 1 is 1.15 bits per heavy atom. The van der Waals surface area contributed by atoms with Gasteiger partial charge >= 0.3 is 0 Å². The highest BCUT2D eigenvalue weighted by Crippen LogP contribution is 2.45. The highest BCUT2D eigenvalue weighted by atomic mass is 32.2. The SMILES string of the molecule is CCN1/C(=c2/s/c(=C3/C(=O)NN=C3C)n(CC)c2=O)Sc2ccccc21. The second-order valence-corrected chi connectivity index (χ2v) is 7.95. The van der Waals surface area contributed by atoms with Crippen LogP contribution in [0.15, 0.2) is 39.1 Å². The van der Waals surface area contributed by atoms with E-state index >= 15 is 0 Å². The maximum Gasteiger partial charge on any atom is 0.276 e. The summed E-state index contributed by atoms with van der Waals surface area (Å²) in [5.74, 6) is -0.253. The van der Waals surface area contributed by atoms with Gasteiger partial charge in [0.2, 0.25) is 0 Å². The molecule has 1 aromatic carbocycles. The summed E-state index contributed by atoms with van der Waals surface area (Å²) < 4.78 is 3.01. The zero-order chi connectivity index (χ0) is 18.4. The summed E-state index contributed by atoms with van der Waals surface area (Å²) in [5, 5.41) is 4.94. The molecular weight excluding hydrogens is 368 g/mol. The monoisotopic (exact) mass is 386 g/mol. The third-order valence-corrected chi connectivity index (χ3v) is 6.95. The van der Waals surface area contributed by atoms with Crippen molar-refractivity contribution in [1.82, 2.24) is 9.99 Å². The van der Waals surface area contributed by atoms with Crippen molar-refractivity contribution in [3.63, 3.8) is 0 Å². The standard InChI is InChI=1S/C18H18N4O2S2/c1-4-21-11-8-6-7-9-12(11)25-18(21)14-16(24)22(5-2)17(26-14)13-10(3)19-20-15(13)23/h6-9H,4-5H2,1-3H3,(H,20,23)/b17-13+,18-14-. The first-order valence-electron chi connectivity index (χ1n) is 8.44. The first kappa shape index (κ1) is 17.1. The molecule has 8 heteroatoms. The van der Waals surface area contributed by atoms with E-state index in [9.17, 15) is 9.59 Å². The van der Waals surface area contributed by atoms with E-state index in [-0.39, 0.29) is 11.5 Å². The number of carbonyl (C=O) groups is 1. The first-order valence-corrected chi connectivity index (χ1v) is 10.1. The molecule has 0 radical (unpaired) electrons. The fourth-order valence-electron chi connectivity index (χ4n) is 3.20. The van der Waals surface area contributed by atoms with Gasteiger partial charge in [0.1, 0.15) is 14.2 Å². The number of benzene rings is 1. The molecule has 1 aromatic heterocycles. The summed E-state index contributed by atoms with van der Waals surface area (Å²) in [6.45, 7) is 7.05. The lowest BCUT2D eigenvalue weighted by atomic mass is 10.2. The van der Waals surface area contributed by atoms with Gasteiger partial charge in [0.15, 0.2) is 0 Å². The van der Waals surface area contributed by atoms with Crippen molar-refractivity contribution in [1.29, 1.82) is 0 Å². The fraction of sp³-hybridized carbons (Fsp3) is 0.278. The maximum atomic E-state index is 13.1. The molecule has 2 aromatic rings. The second-order valence-electron chi connectivity index (χ2n) is 5.92. The summed E-state index contributed by atoms with van der Waals surface area (Å²) in [4.78, 5) is 28.6. The topological polar surface area (TPSA) is 66.7 Å². The van der Waals surface area contributed by atoms with E-state index < -0.39 is 0 Å². The zero-order valence-corrected chi connectivity index (χ0v) is 16.3. The lowest BCUT2D eigenvalue weighted by molar-refractivity contribution is -0.115. The minimum Gasteiger partial charge on any atom is -0.334 e. The highest BCUT2D eigenvalue weighted by molar-refractivity contribution is 8.08. The molecule has 3 heterocycles. The predicted molar refractivity (Wildman–Crippen MR) is 107 cm³/mol. The van der Waals surface area contributed by atoms with Crippen LogP contribution in [0.25, 0.3) is 10.6 Å². The third kappa shape index (κ3) is 2.44. The minimum atomic E-state index is -0.253. The Morgan fingerprint density at radius 2 is 1.92 bits per heavy atom. The highest BCUT2D eigenvalue weighted by Gasteiger charge is 2.27. The van der Waals surface area contributed by atoms with Gasteiger partial charge in [-0.2, -0.15) is 5.10 Å². The molecule has 2 aliphatic rings. The molecule has 0 bridgehead atoms. The molecule has 0 fully saturated rings. The second kappa shape index (κ2) is 6.44. The minimum absolute atomic E-state index is 0.0544. The van der Waals surface area contributed by atoms with Gasteiger partial charge in [-0.1, -0.05) is 23.9 Å². The van der Waals surface area contributed by atoms with Crippen molar-refractivity contribution in [2.45, 2.75) is 32.2 Å². The van der Waals surface area contributed by atoms with Crippen LogP contribution in [0.2, 0.25) is 0 Å². The van der Waals surface area contributed by atoms with E-state index in [2.05, 4.69) is 34.5 Å². The number of thiazole rings is 1. The van der Waals surface area contributed by atoms with Gasteiger partial charge in [-0.25, -0.2) is 5.43 Å². The van der Waals surface area contributed by atoms with Crippen LogP contribution in [0.1, 0.15) is 20.8 Å². The number of hydrazone groups is 1. The van der Waals surface area contributed by atoms with Crippen LogP contribution in [0, 0.1) is 0 Å². The molecule has 0 atom stereocenters. The number of para-hydroxylation sites is 1. The smallest absolute Gasteiger partial charge is 0.276 e. The molecule has 0 unspecified atom stereocenters. The van der Waals surface area contributed by atoms with Crippen molar-refractivity contribution in [3.8, 4) is 0 Å². The van der Waals surface area contributed by atoms with Gasteiger partial charge in [0, 0.05) is 18.0 Å². The third-order valence-electron chi connectivity index (χ3n) is 4.45. The normalized spacial score (nSPS) is 20.3. The molecule has 2 aliphatic heterocycles. The molecule has 134 valence electrons. The summed E-state index contributed by atoms with van der Waals surface area (Å²) >= 11 is 2.99. The van der Waals surface area contributed by atoms with Crippen molar-refractivity contribution in [2.24, 2.45) is 5.10 Å². The Bertz CT molecular complexity index is 1130. The molecule has 6 nitrogen and oxygen atoms in total. The van der Waals surface area contributed by atoms with Crippen LogP contribution >= 0.6 is 23.1 Å². The van der Waals surface area contributed by atoms with Crippen molar-refractivity contribution in [2.75, 3.05) is 11.4 Å². The number of rotatable bonds is 2. The number of nitrogens with one attached hydrogen (secondary N) is 1. The summed E-state index contributed by atoms with van der Waals surface area (Å²) in [6.07, 6.45) is 0. The molecule has 4 rings (SSSR count). The molecule has 1 amide bonds. The fourth-order valence-corrected chi connectivity index (χ4v) is 5.86. The van der Waals surface area contributed by atoms with E-state index in [0.29, 0.717) is 27.0 Å². The van der Waals surface area contributed by atoms with Crippen molar-refractivity contribution >= 4 is 51.0 Å². The Hall–Kier alpha value is -2.32. The number of carbonyl (C=O) groups excluding carboxylic acids is 1. The molecule has 0 saturated heterocycles. The number of hydrogen-bond donors (Lipinski definition) is 1. The van der Waals surface area contributed by atoms with E-state index in [1.165, 1.54) is 11.3 Å². The van der Waals surface area contributed by atoms with Crippen LogP contribution in [0.4, 0.5) is 5.69 Å². The Morgan fingerprint density at radius 3 is 2.58 bits per heavy atom. The van der Waals surface area contributed by atoms with Gasteiger partial charge in [0.05, 0.1) is 17.0 Å². The lowest BCUT2D eigenvalue weighted by Crippen LogP contribution is -2.35. The number of amides is 1. The van der Waals surface area contributed by atoms with E-state index in [1.54, 1.807) is 23.3 Å². The lowest BCUT2D eigenvalue weighted by Gasteiger charge is -2.16. The predicted octanol–water partition coefficient (Wildman–Crippen LogP) is 1.28. The Kier molecular flexibility index (Phi) is 4.24. The number of nitrogens with zero attached hydrogens (tertiary/aromatic N) is 3. The van der Waals surface area contributed by atoms with Gasteiger partial charge < -0.3 is 4.90 Å². The summed E-state index contributed by atoms with van der Waals surface area (Å²) in [5.41, 5.74) is 4.66. The summed E-state index contributed by atoms with van der Waals surface area (Å²) in [7, 11) is 0. The number of anilines is 1. The molecule has 1 N–H and O–H groups in total. The molecular formula is C18H18N4O2S2. The first-order chi connectivity index (χ1) is 12.6. The zero-order valence-electron chi connectivity index (χ0n) is 14.7.